The lowest BCUT2D eigenvalue weighted by atomic mass is 9.92. The van der Waals surface area contributed by atoms with Gasteiger partial charge in [0.2, 0.25) is 5.91 Å². The van der Waals surface area contributed by atoms with Gasteiger partial charge in [-0.25, -0.2) is 0 Å². The molecule has 2 fully saturated rings. The summed E-state index contributed by atoms with van der Waals surface area (Å²) in [5.74, 6) is 0.923. The highest BCUT2D eigenvalue weighted by atomic mass is 16.2. The van der Waals surface area contributed by atoms with Crippen molar-refractivity contribution in [3.8, 4) is 0 Å². The zero-order valence-electron chi connectivity index (χ0n) is 11.7. The molecule has 2 aliphatic rings. The lowest BCUT2D eigenvalue weighted by molar-refractivity contribution is -0.124. The SMILES string of the molecule is C[C@H](NC(=O)[C@H]1CCCCN1)C1CCCCCC1. The van der Waals surface area contributed by atoms with Gasteiger partial charge in [-0.1, -0.05) is 32.1 Å². The fourth-order valence-electron chi connectivity index (χ4n) is 3.33. The third-order valence-corrected chi connectivity index (χ3v) is 4.60. The fourth-order valence-corrected chi connectivity index (χ4v) is 3.33. The van der Waals surface area contributed by atoms with Gasteiger partial charge in [-0.05, 0) is 45.1 Å². The van der Waals surface area contributed by atoms with Crippen LogP contribution in [0.5, 0.6) is 0 Å². The van der Waals surface area contributed by atoms with Crippen molar-refractivity contribution >= 4 is 5.91 Å². The van der Waals surface area contributed by atoms with Crippen LogP contribution in [0.25, 0.3) is 0 Å². The van der Waals surface area contributed by atoms with E-state index in [2.05, 4.69) is 17.6 Å². The molecule has 1 saturated heterocycles. The van der Waals surface area contributed by atoms with E-state index in [1.165, 1.54) is 51.4 Å². The third kappa shape index (κ3) is 3.98. The van der Waals surface area contributed by atoms with Crippen molar-refractivity contribution in [2.75, 3.05) is 6.54 Å². The molecule has 2 atom stereocenters. The Morgan fingerprint density at radius 1 is 1.06 bits per heavy atom. The molecule has 3 heteroatoms. The predicted molar refractivity (Wildman–Crippen MR) is 74.4 cm³/mol. The van der Waals surface area contributed by atoms with Crippen LogP contribution in [-0.4, -0.2) is 24.5 Å². The molecule has 0 spiro atoms. The van der Waals surface area contributed by atoms with Gasteiger partial charge in [0.25, 0.3) is 0 Å². The zero-order valence-corrected chi connectivity index (χ0v) is 11.7. The van der Waals surface area contributed by atoms with Crippen LogP contribution in [0, 0.1) is 5.92 Å². The van der Waals surface area contributed by atoms with Crippen molar-refractivity contribution < 1.29 is 4.79 Å². The number of rotatable bonds is 3. The van der Waals surface area contributed by atoms with Gasteiger partial charge in [0.15, 0.2) is 0 Å². The second kappa shape index (κ2) is 7.13. The molecule has 1 aliphatic carbocycles. The molecule has 0 radical (unpaired) electrons. The number of piperidine rings is 1. The largest absolute Gasteiger partial charge is 0.352 e. The Hall–Kier alpha value is -0.570. The molecule has 0 aromatic rings. The van der Waals surface area contributed by atoms with Crippen molar-refractivity contribution in [3.05, 3.63) is 0 Å². The maximum atomic E-state index is 12.2. The van der Waals surface area contributed by atoms with E-state index in [0.29, 0.717) is 12.0 Å². The molecule has 2 rings (SSSR count). The average molecular weight is 252 g/mol. The lowest BCUT2D eigenvalue weighted by Crippen LogP contribution is -2.50. The van der Waals surface area contributed by atoms with Gasteiger partial charge >= 0.3 is 0 Å². The van der Waals surface area contributed by atoms with Crippen molar-refractivity contribution in [2.24, 2.45) is 5.92 Å². The summed E-state index contributed by atoms with van der Waals surface area (Å²) >= 11 is 0. The van der Waals surface area contributed by atoms with Gasteiger partial charge in [-0.15, -0.1) is 0 Å². The van der Waals surface area contributed by atoms with Crippen LogP contribution in [0.4, 0.5) is 0 Å². The van der Waals surface area contributed by atoms with Crippen LogP contribution >= 0.6 is 0 Å². The molecule has 0 aromatic carbocycles. The molecule has 2 N–H and O–H groups in total. The number of hydrogen-bond donors (Lipinski definition) is 2. The summed E-state index contributed by atoms with van der Waals surface area (Å²) < 4.78 is 0. The molecular formula is C15H28N2O. The van der Waals surface area contributed by atoms with Gasteiger partial charge in [-0.3, -0.25) is 4.79 Å². The van der Waals surface area contributed by atoms with Crippen LogP contribution in [-0.2, 0) is 4.79 Å². The standard InChI is InChI=1S/C15H28N2O/c1-12(13-8-4-2-3-5-9-13)17-15(18)14-10-6-7-11-16-14/h12-14,16H,2-11H2,1H3,(H,17,18)/t12-,14+/m0/s1. The van der Waals surface area contributed by atoms with E-state index in [9.17, 15) is 4.79 Å². The Bertz CT molecular complexity index is 253. The fraction of sp³-hybridized carbons (Fsp3) is 0.933. The summed E-state index contributed by atoms with van der Waals surface area (Å²) in [6.45, 7) is 3.19. The van der Waals surface area contributed by atoms with Crippen molar-refractivity contribution in [2.45, 2.75) is 76.8 Å². The molecule has 1 amide bonds. The smallest absolute Gasteiger partial charge is 0.237 e. The number of amides is 1. The number of nitrogens with one attached hydrogen (secondary N) is 2. The molecule has 0 unspecified atom stereocenters. The van der Waals surface area contributed by atoms with Crippen LogP contribution in [0.15, 0.2) is 0 Å². The molecule has 0 aromatic heterocycles. The Morgan fingerprint density at radius 2 is 1.72 bits per heavy atom. The molecule has 3 nitrogen and oxygen atoms in total. The quantitative estimate of drug-likeness (QED) is 0.758. The van der Waals surface area contributed by atoms with Crippen LogP contribution in [0.2, 0.25) is 0 Å². The van der Waals surface area contributed by atoms with Crippen LogP contribution in [0.1, 0.15) is 64.7 Å². The zero-order chi connectivity index (χ0) is 12.8. The lowest BCUT2D eigenvalue weighted by Gasteiger charge is -2.28. The summed E-state index contributed by atoms with van der Waals surface area (Å²) in [5, 5.41) is 6.57. The normalized spacial score (nSPS) is 28.4. The van der Waals surface area contributed by atoms with Crippen molar-refractivity contribution in [3.63, 3.8) is 0 Å². The minimum atomic E-state index is 0.0620. The number of hydrogen-bond acceptors (Lipinski definition) is 2. The Morgan fingerprint density at radius 3 is 2.33 bits per heavy atom. The van der Waals surface area contributed by atoms with E-state index in [1.54, 1.807) is 0 Å². The van der Waals surface area contributed by atoms with Gasteiger partial charge in [0, 0.05) is 6.04 Å². The minimum absolute atomic E-state index is 0.0620. The Balaban J connectivity index is 1.77. The highest BCUT2D eigenvalue weighted by Crippen LogP contribution is 2.25. The molecular weight excluding hydrogens is 224 g/mol. The topological polar surface area (TPSA) is 41.1 Å². The average Bonchev–Trinajstić information content (AvgIpc) is 2.68. The van der Waals surface area contributed by atoms with Gasteiger partial charge in [-0.2, -0.15) is 0 Å². The Labute approximate surface area is 111 Å². The first-order chi connectivity index (χ1) is 8.77. The molecule has 18 heavy (non-hydrogen) atoms. The maximum absolute atomic E-state index is 12.2. The van der Waals surface area contributed by atoms with E-state index in [0.717, 1.165) is 13.0 Å². The van der Waals surface area contributed by atoms with E-state index >= 15 is 0 Å². The summed E-state index contributed by atoms with van der Waals surface area (Å²) in [5.41, 5.74) is 0. The summed E-state index contributed by atoms with van der Waals surface area (Å²) in [7, 11) is 0. The van der Waals surface area contributed by atoms with Crippen LogP contribution in [0.3, 0.4) is 0 Å². The highest BCUT2D eigenvalue weighted by Gasteiger charge is 2.25. The van der Waals surface area contributed by atoms with Gasteiger partial charge in [0.1, 0.15) is 0 Å². The van der Waals surface area contributed by atoms with E-state index in [-0.39, 0.29) is 11.9 Å². The molecule has 1 heterocycles. The second-order valence-corrected chi connectivity index (χ2v) is 6.05. The predicted octanol–water partition coefficient (Wildman–Crippen LogP) is 2.60. The molecule has 0 bridgehead atoms. The first-order valence-electron chi connectivity index (χ1n) is 7.81. The minimum Gasteiger partial charge on any atom is -0.352 e. The molecule has 1 aliphatic heterocycles. The van der Waals surface area contributed by atoms with Crippen molar-refractivity contribution in [1.82, 2.24) is 10.6 Å². The number of carbonyl (C=O) groups excluding carboxylic acids is 1. The second-order valence-electron chi connectivity index (χ2n) is 6.05. The van der Waals surface area contributed by atoms with E-state index < -0.39 is 0 Å². The van der Waals surface area contributed by atoms with E-state index in [4.69, 9.17) is 0 Å². The third-order valence-electron chi connectivity index (χ3n) is 4.60. The first-order valence-corrected chi connectivity index (χ1v) is 7.81. The highest BCUT2D eigenvalue weighted by molar-refractivity contribution is 5.82. The van der Waals surface area contributed by atoms with Crippen molar-refractivity contribution in [1.29, 1.82) is 0 Å². The molecule has 104 valence electrons. The van der Waals surface area contributed by atoms with Gasteiger partial charge < -0.3 is 10.6 Å². The molecule has 1 saturated carbocycles. The Kier molecular flexibility index (Phi) is 5.48. The maximum Gasteiger partial charge on any atom is 0.237 e. The first kappa shape index (κ1) is 13.9. The summed E-state index contributed by atoms with van der Waals surface area (Å²) in [6, 6.07) is 0.409. The summed E-state index contributed by atoms with van der Waals surface area (Å²) in [6.07, 6.45) is 11.4. The summed E-state index contributed by atoms with van der Waals surface area (Å²) in [4.78, 5) is 12.2. The monoisotopic (exact) mass is 252 g/mol. The number of carbonyl (C=O) groups is 1. The van der Waals surface area contributed by atoms with Gasteiger partial charge in [0.05, 0.1) is 6.04 Å². The van der Waals surface area contributed by atoms with Crippen LogP contribution < -0.4 is 10.6 Å². The van der Waals surface area contributed by atoms with E-state index in [1.807, 2.05) is 0 Å².